The Kier molecular flexibility index (Phi) is 8.07. The maximum Gasteiger partial charge on any atom is 0.160 e. The molecule has 0 heterocycles. The molecule has 20 heavy (non-hydrogen) atoms. The second kappa shape index (κ2) is 9.61. The number of aliphatic hydroxyl groups excluding tert-OH is 1. The van der Waals surface area contributed by atoms with Crippen LogP contribution in [0.4, 0.5) is 0 Å². The fourth-order valence-corrected chi connectivity index (χ4v) is 2.20. The Hall–Kier alpha value is -1.26. The lowest BCUT2D eigenvalue weighted by atomic mass is 10.1. The zero-order valence-corrected chi connectivity index (χ0v) is 12.8. The third-order valence-corrected chi connectivity index (χ3v) is 3.32. The molecule has 1 aromatic carbocycles. The fourth-order valence-electron chi connectivity index (χ4n) is 2.20. The van der Waals surface area contributed by atoms with Crippen LogP contribution in [0.1, 0.15) is 31.7 Å². The van der Waals surface area contributed by atoms with Gasteiger partial charge in [0.25, 0.3) is 0 Å². The molecule has 0 aliphatic heterocycles. The second-order valence-corrected chi connectivity index (χ2v) is 5.03. The van der Waals surface area contributed by atoms with Crippen molar-refractivity contribution in [2.45, 2.75) is 38.6 Å². The molecule has 1 unspecified atom stereocenters. The highest BCUT2D eigenvalue weighted by molar-refractivity contribution is 5.43. The molecule has 0 radical (unpaired) electrons. The molecule has 0 saturated carbocycles. The molecule has 0 bridgehead atoms. The smallest absolute Gasteiger partial charge is 0.160 e. The molecule has 0 aliphatic carbocycles. The van der Waals surface area contributed by atoms with Gasteiger partial charge in [0.1, 0.15) is 0 Å². The quantitative estimate of drug-likeness (QED) is 0.647. The van der Waals surface area contributed by atoms with E-state index in [-0.39, 0.29) is 0 Å². The third kappa shape index (κ3) is 5.80. The van der Waals surface area contributed by atoms with Crippen molar-refractivity contribution >= 4 is 0 Å². The molecule has 4 nitrogen and oxygen atoms in total. The molecule has 1 rings (SSSR count). The van der Waals surface area contributed by atoms with Crippen LogP contribution in [0.15, 0.2) is 18.2 Å². The average molecular weight is 281 g/mol. The Morgan fingerprint density at radius 2 is 1.85 bits per heavy atom. The highest BCUT2D eigenvalue weighted by Gasteiger charge is 2.07. The van der Waals surface area contributed by atoms with Gasteiger partial charge in [0.2, 0.25) is 0 Å². The van der Waals surface area contributed by atoms with Crippen molar-refractivity contribution in [2.24, 2.45) is 0 Å². The van der Waals surface area contributed by atoms with Crippen molar-refractivity contribution in [1.82, 2.24) is 5.32 Å². The molecule has 0 amide bonds. The van der Waals surface area contributed by atoms with Crippen LogP contribution < -0.4 is 14.8 Å². The Balaban J connectivity index is 2.39. The minimum absolute atomic E-state index is 0.293. The van der Waals surface area contributed by atoms with E-state index in [1.54, 1.807) is 14.2 Å². The minimum Gasteiger partial charge on any atom is -0.493 e. The van der Waals surface area contributed by atoms with Gasteiger partial charge in [-0.2, -0.15) is 0 Å². The maximum atomic E-state index is 8.72. The molecule has 0 fully saturated rings. The van der Waals surface area contributed by atoms with Crippen LogP contribution in [0.3, 0.4) is 0 Å². The summed E-state index contributed by atoms with van der Waals surface area (Å²) in [5.41, 5.74) is 1.23. The first-order chi connectivity index (χ1) is 9.71. The molecule has 0 saturated heterocycles. The van der Waals surface area contributed by atoms with Crippen molar-refractivity contribution in [3.63, 3.8) is 0 Å². The summed E-state index contributed by atoms with van der Waals surface area (Å²) in [6, 6.07) is 6.47. The molecule has 114 valence electrons. The van der Waals surface area contributed by atoms with E-state index in [0.29, 0.717) is 12.6 Å². The first-order valence-corrected chi connectivity index (χ1v) is 7.26. The summed E-state index contributed by atoms with van der Waals surface area (Å²) in [6.45, 7) is 3.47. The molecule has 0 aliphatic rings. The number of aliphatic hydroxyl groups is 1. The van der Waals surface area contributed by atoms with Crippen molar-refractivity contribution in [3.05, 3.63) is 23.8 Å². The maximum absolute atomic E-state index is 8.72. The standard InChI is InChI=1S/C16H27NO3/c1-13(17-9-5-4-6-10-18)11-14-7-8-15(19-2)16(12-14)20-3/h7-8,12-13,17-18H,4-6,9-11H2,1-3H3. The van der Waals surface area contributed by atoms with Gasteiger partial charge in [-0.25, -0.2) is 0 Å². The number of hydrogen-bond donors (Lipinski definition) is 2. The van der Waals surface area contributed by atoms with Crippen LogP contribution in [0, 0.1) is 0 Å². The van der Waals surface area contributed by atoms with E-state index in [2.05, 4.69) is 18.3 Å². The Bertz CT molecular complexity index is 382. The molecular formula is C16H27NO3. The largest absolute Gasteiger partial charge is 0.493 e. The van der Waals surface area contributed by atoms with Crippen molar-refractivity contribution in [2.75, 3.05) is 27.4 Å². The summed E-state index contributed by atoms with van der Waals surface area (Å²) in [5, 5.41) is 12.2. The van der Waals surface area contributed by atoms with Gasteiger partial charge in [-0.15, -0.1) is 0 Å². The second-order valence-electron chi connectivity index (χ2n) is 5.03. The van der Waals surface area contributed by atoms with Gasteiger partial charge >= 0.3 is 0 Å². The monoisotopic (exact) mass is 281 g/mol. The van der Waals surface area contributed by atoms with Crippen LogP contribution in [0.2, 0.25) is 0 Å². The van der Waals surface area contributed by atoms with E-state index >= 15 is 0 Å². The van der Waals surface area contributed by atoms with Gasteiger partial charge in [0.05, 0.1) is 14.2 Å². The van der Waals surface area contributed by atoms with E-state index in [1.807, 2.05) is 12.1 Å². The topological polar surface area (TPSA) is 50.7 Å². The zero-order valence-electron chi connectivity index (χ0n) is 12.8. The van der Waals surface area contributed by atoms with Gasteiger partial charge < -0.3 is 19.9 Å². The summed E-state index contributed by atoms with van der Waals surface area (Å²) in [7, 11) is 3.30. The normalized spacial score (nSPS) is 12.2. The van der Waals surface area contributed by atoms with Gasteiger partial charge in [-0.1, -0.05) is 6.07 Å². The van der Waals surface area contributed by atoms with Gasteiger partial charge in [0, 0.05) is 12.6 Å². The predicted octanol–water partition coefficient (Wildman–Crippen LogP) is 2.39. The Labute approximate surface area is 122 Å². The van der Waals surface area contributed by atoms with E-state index in [9.17, 15) is 0 Å². The first-order valence-electron chi connectivity index (χ1n) is 7.26. The van der Waals surface area contributed by atoms with E-state index in [0.717, 1.165) is 43.7 Å². The SMILES string of the molecule is COc1ccc(CC(C)NCCCCCO)cc1OC. The fraction of sp³-hybridized carbons (Fsp3) is 0.625. The van der Waals surface area contributed by atoms with Crippen molar-refractivity contribution < 1.29 is 14.6 Å². The van der Waals surface area contributed by atoms with Crippen LogP contribution in [-0.4, -0.2) is 38.5 Å². The minimum atomic E-state index is 0.293. The summed E-state index contributed by atoms with van der Waals surface area (Å²) in [4.78, 5) is 0. The van der Waals surface area contributed by atoms with E-state index < -0.39 is 0 Å². The molecule has 0 spiro atoms. The van der Waals surface area contributed by atoms with Crippen LogP contribution in [-0.2, 0) is 6.42 Å². The van der Waals surface area contributed by atoms with Crippen LogP contribution >= 0.6 is 0 Å². The number of ether oxygens (including phenoxy) is 2. The molecule has 1 aromatic rings. The average Bonchev–Trinajstić information content (AvgIpc) is 2.46. The summed E-state index contributed by atoms with van der Waals surface area (Å²) >= 11 is 0. The highest BCUT2D eigenvalue weighted by Crippen LogP contribution is 2.27. The number of unbranched alkanes of at least 4 members (excludes halogenated alkanes) is 2. The highest BCUT2D eigenvalue weighted by atomic mass is 16.5. The lowest BCUT2D eigenvalue weighted by molar-refractivity contribution is 0.282. The zero-order chi connectivity index (χ0) is 14.8. The van der Waals surface area contributed by atoms with Crippen LogP contribution in [0.5, 0.6) is 11.5 Å². The molecule has 4 heteroatoms. The number of nitrogens with one attached hydrogen (secondary N) is 1. The Morgan fingerprint density at radius 3 is 2.50 bits per heavy atom. The summed E-state index contributed by atoms with van der Waals surface area (Å²) < 4.78 is 10.6. The van der Waals surface area contributed by atoms with E-state index in [4.69, 9.17) is 14.6 Å². The van der Waals surface area contributed by atoms with Crippen molar-refractivity contribution in [3.8, 4) is 11.5 Å². The molecular weight excluding hydrogens is 254 g/mol. The van der Waals surface area contributed by atoms with Gasteiger partial charge in [-0.05, 0) is 56.8 Å². The molecule has 0 aromatic heterocycles. The molecule has 1 atom stereocenters. The summed E-state index contributed by atoms with van der Waals surface area (Å²) in [5.74, 6) is 1.54. The number of methoxy groups -OCH3 is 2. The van der Waals surface area contributed by atoms with Gasteiger partial charge in [0.15, 0.2) is 11.5 Å². The lowest BCUT2D eigenvalue weighted by Crippen LogP contribution is -2.29. The van der Waals surface area contributed by atoms with E-state index in [1.165, 1.54) is 5.56 Å². The predicted molar refractivity (Wildman–Crippen MR) is 81.7 cm³/mol. The lowest BCUT2D eigenvalue weighted by Gasteiger charge is -2.15. The number of hydrogen-bond acceptors (Lipinski definition) is 4. The number of rotatable bonds is 10. The van der Waals surface area contributed by atoms with Crippen LogP contribution in [0.25, 0.3) is 0 Å². The third-order valence-electron chi connectivity index (χ3n) is 3.32. The van der Waals surface area contributed by atoms with Gasteiger partial charge in [-0.3, -0.25) is 0 Å². The number of benzene rings is 1. The summed E-state index contributed by atoms with van der Waals surface area (Å²) in [6.07, 6.45) is 4.04. The first kappa shape index (κ1) is 16.8. The Morgan fingerprint density at radius 1 is 1.10 bits per heavy atom. The molecule has 2 N–H and O–H groups in total. The van der Waals surface area contributed by atoms with Crippen molar-refractivity contribution in [1.29, 1.82) is 0 Å².